The molecule has 1 aromatic heterocycles. The first kappa shape index (κ1) is 16.0. The largest absolute Gasteiger partial charge is 0.497 e. The van der Waals surface area contributed by atoms with E-state index in [9.17, 15) is 4.79 Å². The molecule has 0 radical (unpaired) electrons. The van der Waals surface area contributed by atoms with Crippen LogP contribution < -0.4 is 10.5 Å². The minimum atomic E-state index is -0.571. The van der Waals surface area contributed by atoms with E-state index >= 15 is 0 Å². The minimum Gasteiger partial charge on any atom is -0.497 e. The Morgan fingerprint density at radius 2 is 2.00 bits per heavy atom. The van der Waals surface area contributed by atoms with Crippen molar-refractivity contribution in [3.63, 3.8) is 0 Å². The first-order chi connectivity index (χ1) is 11.6. The molecule has 0 aliphatic heterocycles. The number of ether oxygens (including phenoxy) is 2. The third kappa shape index (κ3) is 3.23. The van der Waals surface area contributed by atoms with Gasteiger partial charge >= 0.3 is 5.97 Å². The molecule has 0 aliphatic rings. The summed E-state index contributed by atoms with van der Waals surface area (Å²) in [6.45, 7) is -0.101. The first-order valence-electron chi connectivity index (χ1n) is 7.10. The topological polar surface area (TPSA) is 87.3 Å². The highest BCUT2D eigenvalue weighted by atomic mass is 35.5. The molecule has 3 aromatic rings. The highest BCUT2D eigenvalue weighted by Crippen LogP contribution is 2.23. The Morgan fingerprint density at radius 3 is 2.75 bits per heavy atom. The van der Waals surface area contributed by atoms with Gasteiger partial charge < -0.3 is 15.2 Å². The van der Waals surface area contributed by atoms with E-state index in [1.54, 1.807) is 18.2 Å². The molecular formula is C17H14ClN3O3. The lowest BCUT2D eigenvalue weighted by atomic mass is 10.2. The van der Waals surface area contributed by atoms with Crippen molar-refractivity contribution in [1.29, 1.82) is 0 Å². The molecule has 0 saturated carbocycles. The summed E-state index contributed by atoms with van der Waals surface area (Å²) in [6.07, 6.45) is 0. The number of carbonyl (C=O) groups excluding carboxylic acids is 1. The number of esters is 1. The van der Waals surface area contributed by atoms with Crippen molar-refractivity contribution in [3.8, 4) is 5.75 Å². The number of methoxy groups -OCH3 is 1. The molecule has 2 aromatic carbocycles. The van der Waals surface area contributed by atoms with Gasteiger partial charge in [-0.05, 0) is 30.3 Å². The number of nitrogen functional groups attached to an aromatic ring is 1. The third-order valence-corrected chi connectivity index (χ3v) is 3.72. The molecule has 0 saturated heterocycles. The van der Waals surface area contributed by atoms with Crippen molar-refractivity contribution >= 4 is 34.3 Å². The summed E-state index contributed by atoms with van der Waals surface area (Å²) in [5, 5.41) is 1.00. The zero-order valence-corrected chi connectivity index (χ0v) is 13.6. The SMILES string of the molecule is COc1ccc(C(=O)OCc2nc(N)c3ccccc3n2)c(Cl)c1. The van der Waals surface area contributed by atoms with Crippen LogP contribution in [0.5, 0.6) is 5.75 Å². The zero-order valence-electron chi connectivity index (χ0n) is 12.8. The van der Waals surface area contributed by atoms with Crippen LogP contribution in [0.25, 0.3) is 10.9 Å². The van der Waals surface area contributed by atoms with Gasteiger partial charge in [0.2, 0.25) is 0 Å². The lowest BCUT2D eigenvalue weighted by molar-refractivity contribution is 0.0463. The maximum Gasteiger partial charge on any atom is 0.340 e. The highest BCUT2D eigenvalue weighted by Gasteiger charge is 2.14. The summed E-state index contributed by atoms with van der Waals surface area (Å²) in [6, 6.07) is 12.1. The number of nitrogens with two attached hydrogens (primary N) is 1. The van der Waals surface area contributed by atoms with Crippen LogP contribution in [0.15, 0.2) is 42.5 Å². The van der Waals surface area contributed by atoms with Crippen LogP contribution >= 0.6 is 11.6 Å². The maximum atomic E-state index is 12.2. The third-order valence-electron chi connectivity index (χ3n) is 3.41. The molecule has 0 spiro atoms. The molecule has 0 amide bonds. The zero-order chi connectivity index (χ0) is 17.1. The molecule has 6 nitrogen and oxygen atoms in total. The Labute approximate surface area is 143 Å². The number of anilines is 1. The number of aromatic nitrogens is 2. The summed E-state index contributed by atoms with van der Waals surface area (Å²) in [5.74, 6) is 0.651. The summed E-state index contributed by atoms with van der Waals surface area (Å²) in [5.41, 5.74) is 6.84. The van der Waals surface area contributed by atoms with Crippen LogP contribution in [-0.4, -0.2) is 23.0 Å². The molecule has 24 heavy (non-hydrogen) atoms. The van der Waals surface area contributed by atoms with Gasteiger partial charge in [0, 0.05) is 5.39 Å². The molecule has 0 aliphatic carbocycles. The van der Waals surface area contributed by atoms with Crippen molar-refractivity contribution in [2.75, 3.05) is 12.8 Å². The average molecular weight is 344 g/mol. The van der Waals surface area contributed by atoms with Crippen LogP contribution in [0.1, 0.15) is 16.2 Å². The highest BCUT2D eigenvalue weighted by molar-refractivity contribution is 6.33. The number of nitrogens with zero attached hydrogens (tertiary/aromatic N) is 2. The fourth-order valence-corrected chi connectivity index (χ4v) is 2.46. The molecule has 2 N–H and O–H groups in total. The standard InChI is InChI=1S/C17H14ClN3O3/c1-23-10-6-7-11(13(18)8-10)17(22)24-9-15-20-14-5-3-2-4-12(14)16(19)21-15/h2-8H,9H2,1H3,(H2,19,20,21). The van der Waals surface area contributed by atoms with Gasteiger partial charge in [-0.25, -0.2) is 14.8 Å². The van der Waals surface area contributed by atoms with Gasteiger partial charge in [0.05, 0.1) is 23.2 Å². The normalized spacial score (nSPS) is 10.6. The maximum absolute atomic E-state index is 12.2. The summed E-state index contributed by atoms with van der Waals surface area (Å²) >= 11 is 6.06. The van der Waals surface area contributed by atoms with Crippen molar-refractivity contribution in [3.05, 3.63) is 58.9 Å². The molecule has 0 unspecified atom stereocenters. The average Bonchev–Trinajstić information content (AvgIpc) is 2.59. The fourth-order valence-electron chi connectivity index (χ4n) is 2.21. The number of fused-ring (bicyclic) bond motifs is 1. The van der Waals surface area contributed by atoms with Gasteiger partial charge in [0.15, 0.2) is 12.4 Å². The van der Waals surface area contributed by atoms with Crippen LogP contribution in [0.3, 0.4) is 0 Å². The minimum absolute atomic E-state index is 0.101. The van der Waals surface area contributed by atoms with Gasteiger partial charge in [-0.1, -0.05) is 23.7 Å². The molecular weight excluding hydrogens is 330 g/mol. The Morgan fingerprint density at radius 1 is 1.21 bits per heavy atom. The van der Waals surface area contributed by atoms with Crippen LogP contribution in [0, 0.1) is 0 Å². The van der Waals surface area contributed by atoms with E-state index in [0.29, 0.717) is 22.9 Å². The second-order valence-corrected chi connectivity index (χ2v) is 5.37. The molecule has 1 heterocycles. The van der Waals surface area contributed by atoms with E-state index in [-0.39, 0.29) is 17.2 Å². The van der Waals surface area contributed by atoms with Gasteiger partial charge in [-0.3, -0.25) is 0 Å². The predicted molar refractivity (Wildman–Crippen MR) is 91.1 cm³/mol. The van der Waals surface area contributed by atoms with Crippen molar-refractivity contribution in [2.24, 2.45) is 0 Å². The van der Waals surface area contributed by atoms with Gasteiger partial charge in [-0.15, -0.1) is 0 Å². The smallest absolute Gasteiger partial charge is 0.340 e. The molecule has 3 rings (SSSR count). The molecule has 0 bridgehead atoms. The Kier molecular flexibility index (Phi) is 4.48. The predicted octanol–water partition coefficient (Wildman–Crippen LogP) is 3.23. The summed E-state index contributed by atoms with van der Waals surface area (Å²) in [7, 11) is 1.52. The van der Waals surface area contributed by atoms with Crippen molar-refractivity contribution in [1.82, 2.24) is 9.97 Å². The van der Waals surface area contributed by atoms with E-state index in [1.165, 1.54) is 7.11 Å². The summed E-state index contributed by atoms with van der Waals surface area (Å²) < 4.78 is 10.3. The number of rotatable bonds is 4. The number of hydrogen-bond donors (Lipinski definition) is 1. The number of halogens is 1. The van der Waals surface area contributed by atoms with Crippen LogP contribution in [0.4, 0.5) is 5.82 Å². The molecule has 0 atom stereocenters. The van der Waals surface area contributed by atoms with Gasteiger partial charge in [0.1, 0.15) is 11.6 Å². The summed E-state index contributed by atoms with van der Waals surface area (Å²) in [4.78, 5) is 20.6. The quantitative estimate of drug-likeness (QED) is 0.732. The van der Waals surface area contributed by atoms with Gasteiger partial charge in [0.25, 0.3) is 0 Å². The Hall–Kier alpha value is -2.86. The lowest BCUT2D eigenvalue weighted by Crippen LogP contribution is -2.09. The Balaban J connectivity index is 1.77. The Bertz CT molecular complexity index is 915. The lowest BCUT2D eigenvalue weighted by Gasteiger charge is -2.08. The van der Waals surface area contributed by atoms with E-state index in [0.717, 1.165) is 5.39 Å². The first-order valence-corrected chi connectivity index (χ1v) is 7.48. The van der Waals surface area contributed by atoms with Crippen LogP contribution in [-0.2, 0) is 11.3 Å². The molecule has 7 heteroatoms. The van der Waals surface area contributed by atoms with E-state index in [1.807, 2.05) is 24.3 Å². The van der Waals surface area contributed by atoms with E-state index in [2.05, 4.69) is 9.97 Å². The number of para-hydroxylation sites is 1. The molecule has 122 valence electrons. The number of carbonyl (C=O) groups is 1. The van der Waals surface area contributed by atoms with Crippen LogP contribution in [0.2, 0.25) is 5.02 Å². The van der Waals surface area contributed by atoms with Crippen molar-refractivity contribution in [2.45, 2.75) is 6.61 Å². The second-order valence-electron chi connectivity index (χ2n) is 4.96. The monoisotopic (exact) mass is 343 g/mol. The van der Waals surface area contributed by atoms with E-state index in [4.69, 9.17) is 26.8 Å². The number of hydrogen-bond acceptors (Lipinski definition) is 6. The van der Waals surface area contributed by atoms with Crippen molar-refractivity contribution < 1.29 is 14.3 Å². The fraction of sp³-hybridized carbons (Fsp3) is 0.118. The molecule has 0 fully saturated rings. The number of benzene rings is 2. The second kappa shape index (κ2) is 6.72. The van der Waals surface area contributed by atoms with E-state index < -0.39 is 5.97 Å². The van der Waals surface area contributed by atoms with Gasteiger partial charge in [-0.2, -0.15) is 0 Å².